The smallest absolute Gasteiger partial charge is 0.223 e. The minimum absolute atomic E-state index is 0.146. The molecule has 0 atom stereocenters. The molecule has 0 fully saturated rings. The Kier molecular flexibility index (Phi) is 4.75. The number of amides is 1. The van der Waals surface area contributed by atoms with Gasteiger partial charge in [0.1, 0.15) is 0 Å². The predicted octanol–water partition coefficient (Wildman–Crippen LogP) is 4.66. The molecule has 0 radical (unpaired) electrons. The summed E-state index contributed by atoms with van der Waals surface area (Å²) >= 11 is 8.01. The van der Waals surface area contributed by atoms with E-state index in [1.807, 2.05) is 42.1 Å². The minimum Gasteiger partial charge on any atom is -0.399 e. The molecule has 1 aromatic carbocycles. The van der Waals surface area contributed by atoms with Crippen molar-refractivity contribution >= 4 is 39.7 Å². The third kappa shape index (κ3) is 3.47. The number of carbonyl (C=O) groups excluding carboxylic acids is 1. The zero-order valence-corrected chi connectivity index (χ0v) is 18.5. The maximum absolute atomic E-state index is 11.6. The molecule has 0 spiro atoms. The standard InChI is InChI=1S/C22H19ClN6OS/c1-11-3-4-13(10-25-11)19-15-6-7-17-21(31-22(27-17)26-12(2)30)20(15)29(28-19)18-8-5-14(24)9-16(18)23/h3-5,8-10H,6-7,24H2,1-2H3,(H,26,27,30). The number of thiazole rings is 1. The summed E-state index contributed by atoms with van der Waals surface area (Å²) in [5.41, 5.74) is 13.0. The van der Waals surface area contributed by atoms with E-state index in [-0.39, 0.29) is 5.91 Å². The van der Waals surface area contributed by atoms with E-state index in [4.69, 9.17) is 22.4 Å². The Morgan fingerprint density at radius 3 is 2.81 bits per heavy atom. The molecule has 5 rings (SSSR count). The van der Waals surface area contributed by atoms with E-state index in [1.165, 1.54) is 18.3 Å². The van der Waals surface area contributed by atoms with Crippen molar-refractivity contribution in [2.45, 2.75) is 26.7 Å². The molecule has 0 unspecified atom stereocenters. The Hall–Kier alpha value is -3.23. The van der Waals surface area contributed by atoms with Crippen molar-refractivity contribution in [3.05, 3.63) is 58.5 Å². The molecule has 7 nitrogen and oxygen atoms in total. The number of nitrogens with two attached hydrogens (primary N) is 1. The van der Waals surface area contributed by atoms with Crippen LogP contribution in [0.25, 0.3) is 27.5 Å². The molecule has 31 heavy (non-hydrogen) atoms. The van der Waals surface area contributed by atoms with Crippen LogP contribution < -0.4 is 11.1 Å². The van der Waals surface area contributed by atoms with Gasteiger partial charge in [-0.3, -0.25) is 9.78 Å². The first-order valence-electron chi connectivity index (χ1n) is 9.78. The van der Waals surface area contributed by atoms with Gasteiger partial charge < -0.3 is 11.1 Å². The summed E-state index contributed by atoms with van der Waals surface area (Å²) in [5, 5.41) is 8.86. The molecule has 156 valence electrons. The SMILES string of the molecule is CC(=O)Nc1nc2c(s1)-c1c(c(-c3ccc(C)nc3)nn1-c1ccc(N)cc1Cl)CC2. The number of hydrogen-bond acceptors (Lipinski definition) is 6. The Balaban J connectivity index is 1.76. The monoisotopic (exact) mass is 450 g/mol. The minimum atomic E-state index is -0.146. The van der Waals surface area contributed by atoms with Gasteiger partial charge >= 0.3 is 0 Å². The molecule has 1 amide bonds. The van der Waals surface area contributed by atoms with Crippen LogP contribution >= 0.6 is 22.9 Å². The molecule has 0 bridgehead atoms. The van der Waals surface area contributed by atoms with Gasteiger partial charge in [0.05, 0.1) is 32.7 Å². The predicted molar refractivity (Wildman–Crippen MR) is 124 cm³/mol. The average molecular weight is 451 g/mol. The number of nitrogen functional groups attached to an aromatic ring is 1. The number of rotatable bonds is 3. The molecule has 0 saturated carbocycles. The highest BCUT2D eigenvalue weighted by atomic mass is 35.5. The van der Waals surface area contributed by atoms with Crippen molar-refractivity contribution in [3.63, 3.8) is 0 Å². The highest BCUT2D eigenvalue weighted by molar-refractivity contribution is 7.19. The maximum Gasteiger partial charge on any atom is 0.223 e. The van der Waals surface area contributed by atoms with Crippen molar-refractivity contribution in [1.29, 1.82) is 0 Å². The number of benzene rings is 1. The molecule has 3 aromatic heterocycles. The third-order valence-corrected chi connectivity index (χ3v) is 6.50. The highest BCUT2D eigenvalue weighted by Crippen LogP contribution is 2.44. The zero-order valence-electron chi connectivity index (χ0n) is 16.9. The number of halogens is 1. The fourth-order valence-corrected chi connectivity index (χ4v) is 5.17. The normalized spacial score (nSPS) is 12.4. The first kappa shape index (κ1) is 19.7. The lowest BCUT2D eigenvalue weighted by molar-refractivity contribution is -0.114. The number of fused-ring (bicyclic) bond motifs is 3. The van der Waals surface area contributed by atoms with Gasteiger partial charge in [0, 0.05) is 35.6 Å². The van der Waals surface area contributed by atoms with E-state index in [2.05, 4.69) is 15.3 Å². The molecular formula is C22H19ClN6OS. The lowest BCUT2D eigenvalue weighted by Crippen LogP contribution is -2.07. The number of nitrogens with zero attached hydrogens (tertiary/aromatic N) is 4. The van der Waals surface area contributed by atoms with E-state index in [1.54, 1.807) is 6.07 Å². The van der Waals surface area contributed by atoms with E-state index in [0.717, 1.165) is 57.3 Å². The first-order valence-corrected chi connectivity index (χ1v) is 11.0. The second kappa shape index (κ2) is 7.47. The summed E-state index contributed by atoms with van der Waals surface area (Å²) in [6, 6.07) is 9.41. The van der Waals surface area contributed by atoms with Crippen LogP contribution in [0.15, 0.2) is 36.5 Å². The molecular weight excluding hydrogens is 432 g/mol. The summed E-state index contributed by atoms with van der Waals surface area (Å²) in [6.45, 7) is 3.44. The van der Waals surface area contributed by atoms with Crippen LogP contribution in [0.3, 0.4) is 0 Å². The molecule has 0 saturated heterocycles. The van der Waals surface area contributed by atoms with Crippen LogP contribution in [0.1, 0.15) is 23.9 Å². The Labute approximate surface area is 187 Å². The van der Waals surface area contributed by atoms with Crippen molar-refractivity contribution in [2.24, 2.45) is 0 Å². The number of anilines is 2. The van der Waals surface area contributed by atoms with Crippen LogP contribution in [0, 0.1) is 6.92 Å². The fourth-order valence-electron chi connectivity index (χ4n) is 3.78. The van der Waals surface area contributed by atoms with Crippen molar-refractivity contribution in [1.82, 2.24) is 19.7 Å². The maximum atomic E-state index is 11.6. The fraction of sp³-hybridized carbons (Fsp3) is 0.182. The van der Waals surface area contributed by atoms with E-state index >= 15 is 0 Å². The van der Waals surface area contributed by atoms with Crippen LogP contribution in [-0.4, -0.2) is 25.7 Å². The zero-order chi connectivity index (χ0) is 21.7. The van der Waals surface area contributed by atoms with Crippen LogP contribution in [0.5, 0.6) is 0 Å². The van der Waals surface area contributed by atoms with Gasteiger partial charge in [0.15, 0.2) is 5.13 Å². The molecule has 1 aliphatic rings. The van der Waals surface area contributed by atoms with Gasteiger partial charge in [0.2, 0.25) is 5.91 Å². The second-order valence-electron chi connectivity index (χ2n) is 7.46. The summed E-state index contributed by atoms with van der Waals surface area (Å²) in [5.74, 6) is -0.146. The van der Waals surface area contributed by atoms with Crippen molar-refractivity contribution < 1.29 is 4.79 Å². The second-order valence-corrected chi connectivity index (χ2v) is 8.87. The van der Waals surface area contributed by atoms with Gasteiger partial charge in [-0.25, -0.2) is 9.67 Å². The molecule has 4 aromatic rings. The Morgan fingerprint density at radius 2 is 2.10 bits per heavy atom. The van der Waals surface area contributed by atoms with E-state index in [0.29, 0.717) is 15.8 Å². The average Bonchev–Trinajstić information content (AvgIpc) is 3.29. The number of nitrogens with one attached hydrogen (secondary N) is 1. The van der Waals surface area contributed by atoms with Gasteiger partial charge in [0.25, 0.3) is 0 Å². The number of pyridine rings is 1. The lowest BCUT2D eigenvalue weighted by atomic mass is 9.95. The molecule has 1 aliphatic carbocycles. The molecule has 9 heteroatoms. The van der Waals surface area contributed by atoms with Crippen LogP contribution in [-0.2, 0) is 17.6 Å². The van der Waals surface area contributed by atoms with E-state index < -0.39 is 0 Å². The number of aromatic nitrogens is 4. The van der Waals surface area contributed by atoms with Crippen LogP contribution in [0.2, 0.25) is 5.02 Å². The summed E-state index contributed by atoms with van der Waals surface area (Å²) < 4.78 is 1.86. The summed E-state index contributed by atoms with van der Waals surface area (Å²) in [6.07, 6.45) is 3.39. The Morgan fingerprint density at radius 1 is 1.26 bits per heavy atom. The van der Waals surface area contributed by atoms with Crippen molar-refractivity contribution in [2.75, 3.05) is 11.1 Å². The summed E-state index contributed by atoms with van der Waals surface area (Å²) in [7, 11) is 0. The number of hydrogen-bond donors (Lipinski definition) is 2. The van der Waals surface area contributed by atoms with Gasteiger partial charge in [-0.15, -0.1) is 0 Å². The quantitative estimate of drug-likeness (QED) is 0.442. The number of carbonyl (C=O) groups is 1. The molecule has 3 heterocycles. The van der Waals surface area contributed by atoms with E-state index in [9.17, 15) is 4.79 Å². The van der Waals surface area contributed by atoms with Gasteiger partial charge in [-0.2, -0.15) is 5.10 Å². The van der Waals surface area contributed by atoms with Crippen molar-refractivity contribution in [3.8, 4) is 27.5 Å². The first-order chi connectivity index (χ1) is 14.9. The van der Waals surface area contributed by atoms with Crippen LogP contribution in [0.4, 0.5) is 10.8 Å². The lowest BCUT2D eigenvalue weighted by Gasteiger charge is -2.15. The topological polar surface area (TPSA) is 98.7 Å². The van der Waals surface area contributed by atoms with Gasteiger partial charge in [-0.05, 0) is 50.1 Å². The third-order valence-electron chi connectivity index (χ3n) is 5.18. The molecule has 0 aliphatic heterocycles. The highest BCUT2D eigenvalue weighted by Gasteiger charge is 2.30. The number of aryl methyl sites for hydroxylation is 2. The molecule has 3 N–H and O–H groups in total. The largest absolute Gasteiger partial charge is 0.399 e. The summed E-state index contributed by atoms with van der Waals surface area (Å²) in [4.78, 5) is 21.6. The van der Waals surface area contributed by atoms with Gasteiger partial charge in [-0.1, -0.05) is 22.9 Å². The Bertz CT molecular complexity index is 1320.